The van der Waals surface area contributed by atoms with Gasteiger partial charge in [-0.25, -0.2) is 4.79 Å². The average molecular weight is 236 g/mol. The van der Waals surface area contributed by atoms with E-state index in [2.05, 4.69) is 4.98 Å². The smallest absolute Gasteiger partial charge is 0.334 e. The molecule has 2 N–H and O–H groups in total. The SMILES string of the molecule is CC(C)OC(=O)[C@](C)(N)C(=O)c1ccncc1. The van der Waals surface area contributed by atoms with Crippen molar-refractivity contribution in [3.8, 4) is 0 Å². The van der Waals surface area contributed by atoms with Crippen LogP contribution in [0.15, 0.2) is 24.5 Å². The number of nitrogens with two attached hydrogens (primary N) is 1. The number of esters is 1. The molecule has 1 heterocycles. The van der Waals surface area contributed by atoms with E-state index < -0.39 is 17.3 Å². The number of carbonyl (C=O) groups excluding carboxylic acids is 2. The number of ketones is 1. The highest BCUT2D eigenvalue weighted by Crippen LogP contribution is 2.13. The molecule has 0 saturated carbocycles. The van der Waals surface area contributed by atoms with E-state index in [1.165, 1.54) is 31.5 Å². The van der Waals surface area contributed by atoms with E-state index in [4.69, 9.17) is 10.5 Å². The van der Waals surface area contributed by atoms with E-state index in [0.29, 0.717) is 5.56 Å². The van der Waals surface area contributed by atoms with E-state index in [-0.39, 0.29) is 6.10 Å². The maximum atomic E-state index is 12.0. The highest BCUT2D eigenvalue weighted by molar-refractivity contribution is 6.15. The molecule has 0 saturated heterocycles. The Morgan fingerprint density at radius 3 is 2.35 bits per heavy atom. The molecule has 5 nitrogen and oxygen atoms in total. The van der Waals surface area contributed by atoms with E-state index in [0.717, 1.165) is 0 Å². The molecule has 0 radical (unpaired) electrons. The fraction of sp³-hybridized carbons (Fsp3) is 0.417. The van der Waals surface area contributed by atoms with Gasteiger partial charge in [-0.05, 0) is 32.9 Å². The summed E-state index contributed by atoms with van der Waals surface area (Å²) >= 11 is 0. The lowest BCUT2D eigenvalue weighted by atomic mass is 9.93. The van der Waals surface area contributed by atoms with Crippen LogP contribution in [0.4, 0.5) is 0 Å². The van der Waals surface area contributed by atoms with Gasteiger partial charge in [-0.2, -0.15) is 0 Å². The number of nitrogens with zero attached hydrogens (tertiary/aromatic N) is 1. The molecule has 0 amide bonds. The third kappa shape index (κ3) is 3.10. The van der Waals surface area contributed by atoms with Crippen molar-refractivity contribution in [1.82, 2.24) is 4.98 Å². The van der Waals surface area contributed by atoms with Crippen molar-refractivity contribution in [2.24, 2.45) is 5.73 Å². The number of pyridine rings is 1. The topological polar surface area (TPSA) is 82.3 Å². The van der Waals surface area contributed by atoms with Crippen LogP contribution in [-0.2, 0) is 9.53 Å². The molecule has 0 aliphatic carbocycles. The van der Waals surface area contributed by atoms with Gasteiger partial charge < -0.3 is 10.5 Å². The van der Waals surface area contributed by atoms with Gasteiger partial charge in [0.25, 0.3) is 0 Å². The first kappa shape index (κ1) is 13.3. The minimum atomic E-state index is -1.67. The summed E-state index contributed by atoms with van der Waals surface area (Å²) in [5.74, 6) is -1.21. The molecule has 0 unspecified atom stereocenters. The average Bonchev–Trinajstić information content (AvgIpc) is 2.28. The van der Waals surface area contributed by atoms with Crippen LogP contribution in [0.1, 0.15) is 31.1 Å². The summed E-state index contributed by atoms with van der Waals surface area (Å²) in [6.45, 7) is 4.75. The zero-order valence-corrected chi connectivity index (χ0v) is 10.1. The first-order chi connectivity index (χ1) is 7.85. The lowest BCUT2D eigenvalue weighted by Gasteiger charge is -2.22. The van der Waals surface area contributed by atoms with Crippen molar-refractivity contribution in [1.29, 1.82) is 0 Å². The Morgan fingerprint density at radius 2 is 1.88 bits per heavy atom. The largest absolute Gasteiger partial charge is 0.461 e. The van der Waals surface area contributed by atoms with Gasteiger partial charge in [0.05, 0.1) is 6.10 Å². The summed E-state index contributed by atoms with van der Waals surface area (Å²) in [4.78, 5) is 27.5. The summed E-state index contributed by atoms with van der Waals surface area (Å²) in [5, 5.41) is 0. The maximum absolute atomic E-state index is 12.0. The van der Waals surface area contributed by atoms with Crippen molar-refractivity contribution < 1.29 is 14.3 Å². The number of Topliss-reactive ketones (excluding diaryl/α,β-unsaturated/α-hetero) is 1. The summed E-state index contributed by atoms with van der Waals surface area (Å²) in [5.41, 5.74) is 4.40. The standard InChI is InChI=1S/C12H16N2O3/c1-8(2)17-11(16)12(3,13)10(15)9-4-6-14-7-5-9/h4-8H,13H2,1-3H3/t12-/m1/s1. The van der Waals surface area contributed by atoms with E-state index >= 15 is 0 Å². The Bertz CT molecular complexity index is 413. The monoisotopic (exact) mass is 236 g/mol. The lowest BCUT2D eigenvalue weighted by molar-refractivity contribution is -0.151. The van der Waals surface area contributed by atoms with Crippen LogP contribution < -0.4 is 5.73 Å². The fourth-order valence-corrected chi connectivity index (χ4v) is 1.23. The molecule has 0 aliphatic heterocycles. The van der Waals surface area contributed by atoms with E-state index in [9.17, 15) is 9.59 Å². The van der Waals surface area contributed by atoms with E-state index in [1.54, 1.807) is 13.8 Å². The molecule has 0 fully saturated rings. The molecule has 0 bridgehead atoms. The zero-order valence-electron chi connectivity index (χ0n) is 10.1. The highest BCUT2D eigenvalue weighted by atomic mass is 16.5. The minimum absolute atomic E-state index is 0.310. The second kappa shape index (κ2) is 5.05. The lowest BCUT2D eigenvalue weighted by Crippen LogP contribution is -2.53. The molecule has 1 aromatic heterocycles. The normalized spacial score (nSPS) is 14.2. The summed E-state index contributed by atoms with van der Waals surface area (Å²) < 4.78 is 4.96. The van der Waals surface area contributed by atoms with Gasteiger partial charge in [0.2, 0.25) is 0 Å². The first-order valence-corrected chi connectivity index (χ1v) is 5.30. The van der Waals surface area contributed by atoms with Gasteiger partial charge in [0.15, 0.2) is 11.3 Å². The van der Waals surface area contributed by atoms with Crippen molar-refractivity contribution in [2.45, 2.75) is 32.4 Å². The third-order valence-corrected chi connectivity index (χ3v) is 2.18. The van der Waals surface area contributed by atoms with E-state index in [1.807, 2.05) is 0 Å². The van der Waals surface area contributed by atoms with Crippen LogP contribution in [0, 0.1) is 0 Å². The Balaban J connectivity index is 2.91. The molecule has 5 heteroatoms. The van der Waals surface area contributed by atoms with Gasteiger partial charge in [-0.3, -0.25) is 9.78 Å². The second-order valence-electron chi connectivity index (χ2n) is 4.22. The van der Waals surface area contributed by atoms with Crippen molar-refractivity contribution >= 4 is 11.8 Å². The van der Waals surface area contributed by atoms with Gasteiger partial charge in [0, 0.05) is 18.0 Å². The van der Waals surface area contributed by atoms with Crippen LogP contribution in [0.25, 0.3) is 0 Å². The van der Waals surface area contributed by atoms with Gasteiger partial charge in [-0.1, -0.05) is 0 Å². The summed E-state index contributed by atoms with van der Waals surface area (Å²) in [6, 6.07) is 3.02. The predicted octanol–water partition coefficient (Wildman–Crippen LogP) is 0.933. The second-order valence-corrected chi connectivity index (χ2v) is 4.22. The van der Waals surface area contributed by atoms with Gasteiger partial charge in [-0.15, -0.1) is 0 Å². The molecule has 17 heavy (non-hydrogen) atoms. The molecule has 1 aromatic rings. The summed E-state index contributed by atoms with van der Waals surface area (Å²) in [7, 11) is 0. The predicted molar refractivity (Wildman–Crippen MR) is 62.4 cm³/mol. The van der Waals surface area contributed by atoms with Crippen molar-refractivity contribution in [2.75, 3.05) is 0 Å². The maximum Gasteiger partial charge on any atom is 0.334 e. The Morgan fingerprint density at radius 1 is 1.35 bits per heavy atom. The fourth-order valence-electron chi connectivity index (χ4n) is 1.23. The zero-order chi connectivity index (χ0) is 13.1. The van der Waals surface area contributed by atoms with Crippen LogP contribution in [0.3, 0.4) is 0 Å². The molecule has 0 spiro atoms. The van der Waals surface area contributed by atoms with Crippen LogP contribution >= 0.6 is 0 Å². The Kier molecular flexibility index (Phi) is 3.96. The number of carbonyl (C=O) groups is 2. The van der Waals surface area contributed by atoms with Crippen LogP contribution in [0.2, 0.25) is 0 Å². The van der Waals surface area contributed by atoms with Gasteiger partial charge in [0.1, 0.15) is 0 Å². The van der Waals surface area contributed by atoms with Crippen molar-refractivity contribution in [3.63, 3.8) is 0 Å². The molecule has 1 rings (SSSR count). The van der Waals surface area contributed by atoms with Crippen LogP contribution in [0.5, 0.6) is 0 Å². The number of ether oxygens (including phenoxy) is 1. The van der Waals surface area contributed by atoms with Gasteiger partial charge >= 0.3 is 5.97 Å². The molecule has 92 valence electrons. The third-order valence-electron chi connectivity index (χ3n) is 2.18. The van der Waals surface area contributed by atoms with Crippen LogP contribution in [-0.4, -0.2) is 28.4 Å². The quantitative estimate of drug-likeness (QED) is 0.478. The highest BCUT2D eigenvalue weighted by Gasteiger charge is 2.39. The Hall–Kier alpha value is -1.75. The molecular weight excluding hydrogens is 220 g/mol. The molecular formula is C12H16N2O3. The number of hydrogen-bond acceptors (Lipinski definition) is 5. The first-order valence-electron chi connectivity index (χ1n) is 5.30. The number of rotatable bonds is 4. The number of aromatic nitrogens is 1. The minimum Gasteiger partial charge on any atom is -0.461 e. The molecule has 1 atom stereocenters. The number of hydrogen-bond donors (Lipinski definition) is 1. The summed E-state index contributed by atoms with van der Waals surface area (Å²) in [6.07, 6.45) is 2.63. The molecule has 0 aliphatic rings. The van der Waals surface area contributed by atoms with Crippen molar-refractivity contribution in [3.05, 3.63) is 30.1 Å². The molecule has 0 aromatic carbocycles. The Labute approximate surface area is 100.0 Å².